The molecule has 0 aliphatic carbocycles. The summed E-state index contributed by atoms with van der Waals surface area (Å²) in [7, 11) is 0. The summed E-state index contributed by atoms with van der Waals surface area (Å²) in [5.74, 6) is -0.821. The Balaban J connectivity index is 2.37. The van der Waals surface area contributed by atoms with Crippen LogP contribution >= 0.6 is 0 Å². The van der Waals surface area contributed by atoms with E-state index in [4.69, 9.17) is 14.6 Å². The normalized spacial score (nSPS) is 15.5. The number of ether oxygens (including phenoxy) is 2. The molecule has 134 valence electrons. The molecule has 1 aromatic carbocycles. The fraction of sp³-hybridized carbons (Fsp3) is 0.353. The topological polar surface area (TPSA) is 105 Å². The lowest BCUT2D eigenvalue weighted by Crippen LogP contribution is -2.35. The third kappa shape index (κ3) is 4.09. The zero-order valence-corrected chi connectivity index (χ0v) is 14.3. The van der Waals surface area contributed by atoms with Gasteiger partial charge in [-0.15, -0.1) is 0 Å². The van der Waals surface area contributed by atoms with Gasteiger partial charge in [-0.05, 0) is 50.1 Å². The number of urea groups is 1. The molecule has 3 amide bonds. The molecule has 1 fully saturated rings. The lowest BCUT2D eigenvalue weighted by molar-refractivity contribution is -0.140. The lowest BCUT2D eigenvalue weighted by atomic mass is 10.1. The predicted molar refractivity (Wildman–Crippen MR) is 89.4 cm³/mol. The number of nitrogens with zero attached hydrogens (tertiary/aromatic N) is 1. The van der Waals surface area contributed by atoms with E-state index in [1.54, 1.807) is 12.1 Å². The summed E-state index contributed by atoms with van der Waals surface area (Å²) in [6.07, 6.45) is 1.50. The van der Waals surface area contributed by atoms with E-state index in [1.807, 2.05) is 20.8 Å². The first-order valence-electron chi connectivity index (χ1n) is 7.83. The molecule has 2 rings (SSSR count). The van der Waals surface area contributed by atoms with E-state index in [1.165, 1.54) is 6.08 Å². The third-order valence-corrected chi connectivity index (χ3v) is 3.49. The van der Waals surface area contributed by atoms with Crippen LogP contribution in [0.5, 0.6) is 11.5 Å². The van der Waals surface area contributed by atoms with Gasteiger partial charge in [0.15, 0.2) is 11.5 Å². The number of hydrogen-bond donors (Lipinski definition) is 2. The molecule has 1 saturated heterocycles. The Morgan fingerprint density at radius 2 is 1.80 bits per heavy atom. The molecule has 1 aliphatic heterocycles. The number of imide groups is 1. The zero-order chi connectivity index (χ0) is 18.6. The van der Waals surface area contributed by atoms with Gasteiger partial charge in [-0.1, -0.05) is 0 Å². The van der Waals surface area contributed by atoms with E-state index in [2.05, 4.69) is 5.32 Å². The largest absolute Gasteiger partial charge is 0.490 e. The molecule has 0 unspecified atom stereocenters. The standard InChI is InChI=1S/C17H20N2O6/c1-4-24-13-6-10(3)11(8-14(13)25-5-2)7-12-16(22)19(9-15(20)21)17(23)18-12/h6-8H,4-5,9H2,1-3H3,(H,18,23)(H,20,21)/b12-7+. The number of carbonyl (C=O) groups is 3. The van der Waals surface area contributed by atoms with Crippen molar-refractivity contribution in [3.8, 4) is 11.5 Å². The summed E-state index contributed by atoms with van der Waals surface area (Å²) >= 11 is 0. The maximum Gasteiger partial charge on any atom is 0.329 e. The third-order valence-electron chi connectivity index (χ3n) is 3.49. The fourth-order valence-electron chi connectivity index (χ4n) is 2.38. The number of aliphatic carboxylic acids is 1. The molecule has 0 bridgehead atoms. The van der Waals surface area contributed by atoms with Crippen molar-refractivity contribution < 1.29 is 29.0 Å². The van der Waals surface area contributed by atoms with Crippen molar-refractivity contribution in [2.75, 3.05) is 19.8 Å². The molecule has 0 saturated carbocycles. The minimum atomic E-state index is -1.26. The molecule has 0 atom stereocenters. The molecule has 0 radical (unpaired) electrons. The molecule has 25 heavy (non-hydrogen) atoms. The van der Waals surface area contributed by atoms with Crippen molar-refractivity contribution in [2.24, 2.45) is 0 Å². The van der Waals surface area contributed by atoms with Gasteiger partial charge in [-0.25, -0.2) is 9.69 Å². The molecule has 0 spiro atoms. The number of carbonyl (C=O) groups excluding carboxylic acids is 2. The summed E-state index contributed by atoms with van der Waals surface area (Å²) in [5, 5.41) is 11.2. The Labute approximate surface area is 145 Å². The van der Waals surface area contributed by atoms with Crippen molar-refractivity contribution in [3.63, 3.8) is 0 Å². The number of nitrogens with one attached hydrogen (secondary N) is 1. The van der Waals surface area contributed by atoms with Gasteiger partial charge in [-0.2, -0.15) is 0 Å². The van der Waals surface area contributed by atoms with Crippen molar-refractivity contribution in [1.29, 1.82) is 0 Å². The van der Waals surface area contributed by atoms with Crippen LogP contribution in [-0.4, -0.2) is 47.7 Å². The number of benzene rings is 1. The summed E-state index contributed by atoms with van der Waals surface area (Å²) in [5.41, 5.74) is 1.49. The second kappa shape index (κ2) is 7.69. The van der Waals surface area contributed by atoms with Crippen molar-refractivity contribution in [1.82, 2.24) is 10.2 Å². The van der Waals surface area contributed by atoms with Gasteiger partial charge in [-0.3, -0.25) is 9.59 Å². The predicted octanol–water partition coefficient (Wildman–Crippen LogP) is 1.77. The Bertz CT molecular complexity index is 741. The number of carboxylic acids is 1. The van der Waals surface area contributed by atoms with Crippen LogP contribution in [0.4, 0.5) is 4.79 Å². The average Bonchev–Trinajstić information content (AvgIpc) is 2.79. The quantitative estimate of drug-likeness (QED) is 0.575. The van der Waals surface area contributed by atoms with Crippen LogP contribution in [0.2, 0.25) is 0 Å². The van der Waals surface area contributed by atoms with E-state index in [0.29, 0.717) is 35.2 Å². The lowest BCUT2D eigenvalue weighted by Gasteiger charge is -2.13. The zero-order valence-electron chi connectivity index (χ0n) is 14.3. The summed E-state index contributed by atoms with van der Waals surface area (Å²) in [6, 6.07) is 2.75. The van der Waals surface area contributed by atoms with Gasteiger partial charge in [0.05, 0.1) is 13.2 Å². The van der Waals surface area contributed by atoms with E-state index in [-0.39, 0.29) is 5.70 Å². The van der Waals surface area contributed by atoms with Crippen molar-refractivity contribution in [3.05, 3.63) is 29.0 Å². The van der Waals surface area contributed by atoms with Gasteiger partial charge in [0.1, 0.15) is 12.2 Å². The van der Waals surface area contributed by atoms with Gasteiger partial charge in [0.25, 0.3) is 5.91 Å². The average molecular weight is 348 g/mol. The fourth-order valence-corrected chi connectivity index (χ4v) is 2.38. The number of aryl methyl sites for hydroxylation is 1. The van der Waals surface area contributed by atoms with Gasteiger partial charge < -0.3 is 19.9 Å². The van der Waals surface area contributed by atoms with Crippen LogP contribution in [0.1, 0.15) is 25.0 Å². The molecule has 1 aliphatic rings. The Morgan fingerprint density at radius 3 is 2.36 bits per heavy atom. The second-order valence-corrected chi connectivity index (χ2v) is 5.29. The van der Waals surface area contributed by atoms with Crippen LogP contribution in [0.3, 0.4) is 0 Å². The molecule has 1 heterocycles. The summed E-state index contributed by atoms with van der Waals surface area (Å²) < 4.78 is 11.1. The van der Waals surface area contributed by atoms with Crippen molar-refractivity contribution >= 4 is 24.0 Å². The Morgan fingerprint density at radius 1 is 1.20 bits per heavy atom. The number of carboxylic acid groups (broad SMARTS) is 1. The highest BCUT2D eigenvalue weighted by Gasteiger charge is 2.35. The number of hydrogen-bond acceptors (Lipinski definition) is 5. The molecule has 0 aromatic heterocycles. The highest BCUT2D eigenvalue weighted by atomic mass is 16.5. The SMILES string of the molecule is CCOc1cc(C)c(/C=C2/NC(=O)N(CC(=O)O)C2=O)cc1OCC. The van der Waals surface area contributed by atoms with E-state index in [0.717, 1.165) is 5.56 Å². The molecular formula is C17H20N2O6. The van der Waals surface area contributed by atoms with Gasteiger partial charge in [0.2, 0.25) is 0 Å². The van der Waals surface area contributed by atoms with E-state index in [9.17, 15) is 14.4 Å². The summed E-state index contributed by atoms with van der Waals surface area (Å²) in [4.78, 5) is 35.4. The first-order chi connectivity index (χ1) is 11.9. The first-order valence-corrected chi connectivity index (χ1v) is 7.83. The van der Waals surface area contributed by atoms with Crippen LogP contribution in [-0.2, 0) is 9.59 Å². The Kier molecular flexibility index (Phi) is 5.63. The van der Waals surface area contributed by atoms with Crippen LogP contribution in [0, 0.1) is 6.92 Å². The number of amides is 3. The minimum absolute atomic E-state index is 0.0148. The highest BCUT2D eigenvalue weighted by molar-refractivity contribution is 6.15. The molecule has 1 aromatic rings. The van der Waals surface area contributed by atoms with Gasteiger partial charge in [0, 0.05) is 0 Å². The van der Waals surface area contributed by atoms with Crippen LogP contribution < -0.4 is 14.8 Å². The summed E-state index contributed by atoms with van der Waals surface area (Å²) in [6.45, 7) is 5.79. The monoisotopic (exact) mass is 348 g/mol. The van der Waals surface area contributed by atoms with E-state index < -0.39 is 24.5 Å². The molecular weight excluding hydrogens is 328 g/mol. The highest BCUT2D eigenvalue weighted by Crippen LogP contribution is 2.32. The smallest absolute Gasteiger partial charge is 0.329 e. The maximum atomic E-state index is 12.2. The first kappa shape index (κ1) is 18.3. The van der Waals surface area contributed by atoms with Gasteiger partial charge >= 0.3 is 12.0 Å². The minimum Gasteiger partial charge on any atom is -0.490 e. The van der Waals surface area contributed by atoms with Crippen LogP contribution in [0.25, 0.3) is 6.08 Å². The molecule has 8 heteroatoms. The number of rotatable bonds is 7. The second-order valence-electron chi connectivity index (χ2n) is 5.29. The molecule has 2 N–H and O–H groups in total. The van der Waals surface area contributed by atoms with Crippen LogP contribution in [0.15, 0.2) is 17.8 Å². The molecule has 8 nitrogen and oxygen atoms in total. The maximum absolute atomic E-state index is 12.2. The van der Waals surface area contributed by atoms with Crippen molar-refractivity contribution in [2.45, 2.75) is 20.8 Å². The Hall–Kier alpha value is -3.03. The van der Waals surface area contributed by atoms with E-state index >= 15 is 0 Å².